The fourth-order valence-corrected chi connectivity index (χ4v) is 1.85. The van der Waals surface area contributed by atoms with E-state index in [1.165, 1.54) is 38.5 Å². The normalized spacial score (nSPS) is 10.4. The zero-order chi connectivity index (χ0) is 14.3. The van der Waals surface area contributed by atoms with Gasteiger partial charge >= 0.3 is 5.97 Å². The van der Waals surface area contributed by atoms with Gasteiger partial charge in [-0.3, -0.25) is 4.79 Å². The Bertz CT molecular complexity index is 244. The molecule has 5 nitrogen and oxygen atoms in total. The average Bonchev–Trinajstić information content (AvgIpc) is 2.40. The zero-order valence-corrected chi connectivity index (χ0v) is 12.0. The highest BCUT2D eigenvalue weighted by molar-refractivity contribution is 5.95. The first-order valence-corrected chi connectivity index (χ1v) is 7.27. The first-order valence-electron chi connectivity index (χ1n) is 7.27. The van der Waals surface area contributed by atoms with Crippen LogP contribution in [-0.4, -0.2) is 30.1 Å². The minimum Gasteiger partial charge on any atom is -0.317 e. The molecule has 0 aromatic carbocycles. The van der Waals surface area contributed by atoms with Crippen molar-refractivity contribution in [2.24, 2.45) is 0 Å². The molecule has 0 bridgehead atoms. The summed E-state index contributed by atoms with van der Waals surface area (Å²) in [5.41, 5.74) is 0. The van der Waals surface area contributed by atoms with E-state index >= 15 is 0 Å². The van der Waals surface area contributed by atoms with Crippen molar-refractivity contribution in [3.8, 4) is 0 Å². The van der Waals surface area contributed by atoms with E-state index in [-0.39, 0.29) is 12.2 Å². The Morgan fingerprint density at radius 3 is 2.32 bits per heavy atom. The first kappa shape index (κ1) is 18.1. The summed E-state index contributed by atoms with van der Waals surface area (Å²) >= 11 is 0. The Labute approximate surface area is 115 Å². The van der Waals surface area contributed by atoms with Crippen LogP contribution < -0.4 is 5.32 Å². The van der Waals surface area contributed by atoms with Crippen molar-refractivity contribution in [3.63, 3.8) is 0 Å². The molecular weight excluding hydrogens is 246 g/mol. The van der Waals surface area contributed by atoms with Crippen molar-refractivity contribution >= 4 is 11.8 Å². The smallest absolute Gasteiger partial charge is 0.317 e. The Morgan fingerprint density at radius 2 is 1.63 bits per heavy atom. The lowest BCUT2D eigenvalue weighted by molar-refractivity contribution is -0.233. The number of Topliss-reactive ketones (excluding diaryl/α,β-unsaturated/α-hetero) is 1. The molecule has 0 fully saturated rings. The van der Waals surface area contributed by atoms with E-state index in [9.17, 15) is 9.59 Å². The van der Waals surface area contributed by atoms with Crippen LogP contribution in [0, 0.1) is 0 Å². The number of hydrogen-bond acceptors (Lipinski definition) is 5. The number of carbonyl (C=O) groups is 2. The minimum atomic E-state index is -0.884. The van der Waals surface area contributed by atoms with Gasteiger partial charge in [-0.25, -0.2) is 4.79 Å². The molecule has 0 aliphatic heterocycles. The largest absolute Gasteiger partial charge is 0.349 e. The van der Waals surface area contributed by atoms with E-state index in [4.69, 9.17) is 5.26 Å². The average molecular weight is 273 g/mol. The molecule has 5 heteroatoms. The minimum absolute atomic E-state index is 0.194. The summed E-state index contributed by atoms with van der Waals surface area (Å²) in [4.78, 5) is 25.2. The summed E-state index contributed by atoms with van der Waals surface area (Å²) in [6.07, 6.45) is 8.38. The van der Waals surface area contributed by atoms with E-state index in [1.807, 2.05) is 0 Å². The fourth-order valence-electron chi connectivity index (χ4n) is 1.85. The Balaban J connectivity index is 3.18. The van der Waals surface area contributed by atoms with E-state index in [0.717, 1.165) is 13.1 Å². The second kappa shape index (κ2) is 13.5. The van der Waals surface area contributed by atoms with Gasteiger partial charge in [0.05, 0.1) is 0 Å². The van der Waals surface area contributed by atoms with Crippen LogP contribution in [0.1, 0.15) is 64.7 Å². The molecule has 0 aromatic heterocycles. The van der Waals surface area contributed by atoms with Gasteiger partial charge < -0.3 is 10.2 Å². The number of rotatable bonds is 13. The van der Waals surface area contributed by atoms with Crippen molar-refractivity contribution in [1.82, 2.24) is 5.32 Å². The highest BCUT2D eigenvalue weighted by Gasteiger charge is 2.09. The van der Waals surface area contributed by atoms with Crippen LogP contribution >= 0.6 is 0 Å². The molecule has 0 radical (unpaired) electrons. The molecule has 19 heavy (non-hydrogen) atoms. The number of unbranched alkanes of at least 4 members (excludes halogenated alkanes) is 5. The van der Waals surface area contributed by atoms with Gasteiger partial charge in [-0.2, -0.15) is 5.26 Å². The summed E-state index contributed by atoms with van der Waals surface area (Å²) in [5, 5.41) is 11.3. The van der Waals surface area contributed by atoms with Crippen LogP contribution in [0.15, 0.2) is 0 Å². The number of nitrogens with one attached hydrogen (secondary N) is 1. The molecular formula is C14H27NO4. The molecule has 0 amide bonds. The van der Waals surface area contributed by atoms with Gasteiger partial charge in [-0.1, -0.05) is 39.0 Å². The molecule has 112 valence electrons. The van der Waals surface area contributed by atoms with Crippen molar-refractivity contribution in [3.05, 3.63) is 0 Å². The highest BCUT2D eigenvalue weighted by atomic mass is 17.1. The zero-order valence-electron chi connectivity index (χ0n) is 12.0. The molecule has 0 aliphatic rings. The summed E-state index contributed by atoms with van der Waals surface area (Å²) in [5.74, 6) is -1.08. The Kier molecular flexibility index (Phi) is 12.8. The molecule has 0 unspecified atom stereocenters. The number of carbonyl (C=O) groups excluding carboxylic acids is 2. The topological polar surface area (TPSA) is 75.6 Å². The van der Waals surface area contributed by atoms with E-state index < -0.39 is 5.97 Å². The summed E-state index contributed by atoms with van der Waals surface area (Å²) < 4.78 is 0. The van der Waals surface area contributed by atoms with Gasteiger partial charge in [0, 0.05) is 6.42 Å². The van der Waals surface area contributed by atoms with Gasteiger partial charge in [0.2, 0.25) is 0 Å². The van der Waals surface area contributed by atoms with Crippen molar-refractivity contribution < 1.29 is 19.7 Å². The maximum Gasteiger partial charge on any atom is 0.349 e. The van der Waals surface area contributed by atoms with Crippen LogP contribution in [0.3, 0.4) is 0 Å². The summed E-state index contributed by atoms with van der Waals surface area (Å²) in [7, 11) is 0. The van der Waals surface area contributed by atoms with E-state index in [2.05, 4.69) is 17.1 Å². The lowest BCUT2D eigenvalue weighted by Crippen LogP contribution is -2.18. The molecule has 0 saturated carbocycles. The Hall–Kier alpha value is -0.940. The molecule has 0 saturated heterocycles. The van der Waals surface area contributed by atoms with Crippen LogP contribution in [0.4, 0.5) is 0 Å². The van der Waals surface area contributed by atoms with Crippen molar-refractivity contribution in [2.75, 3.05) is 13.1 Å². The van der Waals surface area contributed by atoms with Gasteiger partial charge in [-0.15, -0.1) is 0 Å². The SMILES string of the molecule is CCCCCCCCNCCCC(=O)CC(=O)OO. The van der Waals surface area contributed by atoms with Crippen molar-refractivity contribution in [1.29, 1.82) is 0 Å². The third kappa shape index (κ3) is 13.3. The molecule has 0 aliphatic carbocycles. The highest BCUT2D eigenvalue weighted by Crippen LogP contribution is 2.04. The summed E-state index contributed by atoms with van der Waals surface area (Å²) in [6, 6.07) is 0. The van der Waals surface area contributed by atoms with Gasteiger partial charge in [0.1, 0.15) is 12.2 Å². The molecule has 0 heterocycles. The standard InChI is InChI=1S/C14H27NO4/c1-2-3-4-5-6-7-10-15-11-8-9-13(16)12-14(17)19-18/h15,18H,2-12H2,1H3. The predicted molar refractivity (Wildman–Crippen MR) is 73.8 cm³/mol. The Morgan fingerprint density at radius 1 is 1.00 bits per heavy atom. The third-order valence-electron chi connectivity index (χ3n) is 2.96. The van der Waals surface area contributed by atoms with Crippen LogP contribution in [0.5, 0.6) is 0 Å². The van der Waals surface area contributed by atoms with E-state index in [0.29, 0.717) is 12.8 Å². The summed E-state index contributed by atoms with van der Waals surface area (Å²) in [6.45, 7) is 3.98. The van der Waals surface area contributed by atoms with Crippen molar-refractivity contribution in [2.45, 2.75) is 64.7 Å². The lowest BCUT2D eigenvalue weighted by atomic mass is 10.1. The second-order valence-corrected chi connectivity index (χ2v) is 4.80. The second-order valence-electron chi connectivity index (χ2n) is 4.80. The lowest BCUT2D eigenvalue weighted by Gasteiger charge is -2.04. The maximum atomic E-state index is 11.2. The molecule has 0 spiro atoms. The third-order valence-corrected chi connectivity index (χ3v) is 2.96. The van der Waals surface area contributed by atoms with E-state index in [1.54, 1.807) is 0 Å². The monoisotopic (exact) mass is 273 g/mol. The number of ketones is 1. The molecule has 2 N–H and O–H groups in total. The van der Waals surface area contributed by atoms with Crippen LogP contribution in [0.25, 0.3) is 0 Å². The van der Waals surface area contributed by atoms with Crippen LogP contribution in [-0.2, 0) is 14.5 Å². The predicted octanol–water partition coefficient (Wildman–Crippen LogP) is 2.69. The molecule has 0 aromatic rings. The quantitative estimate of drug-likeness (QED) is 0.233. The fraction of sp³-hybridized carbons (Fsp3) is 0.857. The van der Waals surface area contributed by atoms with Gasteiger partial charge in [0.25, 0.3) is 0 Å². The molecule has 0 atom stereocenters. The molecule has 0 rings (SSSR count). The van der Waals surface area contributed by atoms with Gasteiger partial charge in [-0.05, 0) is 25.9 Å². The van der Waals surface area contributed by atoms with Gasteiger partial charge in [0.15, 0.2) is 0 Å². The number of hydrogen-bond donors (Lipinski definition) is 2. The van der Waals surface area contributed by atoms with Crippen LogP contribution in [0.2, 0.25) is 0 Å². The first-order chi connectivity index (χ1) is 9.20. The maximum absolute atomic E-state index is 11.2.